The van der Waals surface area contributed by atoms with Crippen molar-refractivity contribution in [1.29, 1.82) is 5.26 Å². The summed E-state index contributed by atoms with van der Waals surface area (Å²) in [6.45, 7) is 2.01. The highest BCUT2D eigenvalue weighted by molar-refractivity contribution is 5.86. The van der Waals surface area contributed by atoms with Gasteiger partial charge in [0.1, 0.15) is 11.8 Å². The number of nitrogens with zero attached hydrogens (tertiary/aromatic N) is 2. The van der Waals surface area contributed by atoms with Crippen molar-refractivity contribution in [2.24, 2.45) is 0 Å². The van der Waals surface area contributed by atoms with Gasteiger partial charge in [-0.3, -0.25) is 0 Å². The van der Waals surface area contributed by atoms with E-state index in [1.807, 2.05) is 42.6 Å². The van der Waals surface area contributed by atoms with Gasteiger partial charge in [-0.25, -0.2) is 0 Å². The van der Waals surface area contributed by atoms with Gasteiger partial charge in [-0.15, -0.1) is 0 Å². The lowest BCUT2D eigenvalue weighted by molar-refractivity contribution is -0.0441. The molecule has 0 radical (unpaired) electrons. The fourth-order valence-electron chi connectivity index (χ4n) is 3.17. The summed E-state index contributed by atoms with van der Waals surface area (Å²) in [5, 5.41) is 9.88. The first-order chi connectivity index (χ1) is 12.3. The van der Waals surface area contributed by atoms with E-state index in [2.05, 4.69) is 22.8 Å². The molecule has 5 nitrogen and oxygen atoms in total. The van der Waals surface area contributed by atoms with Crippen LogP contribution >= 0.6 is 0 Å². The Morgan fingerprint density at radius 3 is 2.80 bits per heavy atom. The van der Waals surface area contributed by atoms with Crippen molar-refractivity contribution in [3.05, 3.63) is 65.9 Å². The van der Waals surface area contributed by atoms with Gasteiger partial charge in [0.25, 0.3) is 0 Å². The Bertz CT molecular complexity index is 920. The van der Waals surface area contributed by atoms with E-state index in [0.717, 1.165) is 27.8 Å². The summed E-state index contributed by atoms with van der Waals surface area (Å²) in [6, 6.07) is 18.2. The molecule has 1 aliphatic heterocycles. The number of aromatic nitrogens is 1. The van der Waals surface area contributed by atoms with Crippen LogP contribution in [0.1, 0.15) is 17.4 Å². The van der Waals surface area contributed by atoms with Crippen molar-refractivity contribution >= 4 is 10.9 Å². The van der Waals surface area contributed by atoms with Gasteiger partial charge in [-0.1, -0.05) is 30.3 Å². The maximum Gasteiger partial charge on any atom is 0.184 e. The Morgan fingerprint density at radius 2 is 1.96 bits per heavy atom. The number of nitriles is 1. The molecule has 0 amide bonds. The summed E-state index contributed by atoms with van der Waals surface area (Å²) < 4.78 is 18.9. The quantitative estimate of drug-likeness (QED) is 0.715. The van der Waals surface area contributed by atoms with Crippen molar-refractivity contribution in [1.82, 2.24) is 4.57 Å². The highest BCUT2D eigenvalue weighted by atomic mass is 16.7. The first-order valence-corrected chi connectivity index (χ1v) is 8.25. The van der Waals surface area contributed by atoms with Crippen LogP contribution in [-0.2, 0) is 16.0 Å². The zero-order valence-electron chi connectivity index (χ0n) is 13.7. The number of fused-ring (bicyclic) bond motifs is 1. The Hall–Kier alpha value is -2.81. The Balaban J connectivity index is 1.64. The molecule has 2 aromatic carbocycles. The minimum Gasteiger partial charge on any atom is -0.477 e. The molecule has 0 bridgehead atoms. The van der Waals surface area contributed by atoms with Crippen molar-refractivity contribution in [2.75, 3.05) is 19.8 Å². The number of hydrogen-bond donors (Lipinski definition) is 0. The molecule has 0 atom stereocenters. The summed E-state index contributed by atoms with van der Waals surface area (Å²) in [5.41, 5.74) is 3.19. The zero-order valence-corrected chi connectivity index (χ0v) is 13.7. The predicted molar refractivity (Wildman–Crippen MR) is 93.2 cm³/mol. The molecule has 25 heavy (non-hydrogen) atoms. The van der Waals surface area contributed by atoms with E-state index in [0.29, 0.717) is 19.8 Å². The second kappa shape index (κ2) is 6.98. The molecule has 4 rings (SSSR count). The van der Waals surface area contributed by atoms with E-state index >= 15 is 0 Å². The summed E-state index contributed by atoms with van der Waals surface area (Å²) >= 11 is 0. The molecule has 1 fully saturated rings. The molecule has 126 valence electrons. The molecular weight excluding hydrogens is 316 g/mol. The van der Waals surface area contributed by atoms with Gasteiger partial charge in [-0.2, -0.15) is 5.26 Å². The first-order valence-electron chi connectivity index (χ1n) is 8.25. The maximum absolute atomic E-state index is 8.78. The van der Waals surface area contributed by atoms with Gasteiger partial charge < -0.3 is 18.8 Å². The summed E-state index contributed by atoms with van der Waals surface area (Å²) in [5.74, 6) is 0.725. The Labute approximate surface area is 146 Å². The summed E-state index contributed by atoms with van der Waals surface area (Å²) in [7, 11) is 0. The smallest absolute Gasteiger partial charge is 0.184 e. The van der Waals surface area contributed by atoms with E-state index in [-0.39, 0.29) is 12.9 Å². The second-order valence-corrected chi connectivity index (χ2v) is 5.90. The van der Waals surface area contributed by atoms with Crippen LogP contribution in [0, 0.1) is 11.3 Å². The molecule has 3 aromatic rings. The molecule has 1 aromatic heterocycles. The van der Waals surface area contributed by atoms with Gasteiger partial charge in [0.15, 0.2) is 12.9 Å². The molecule has 5 heteroatoms. The number of ether oxygens (including phenoxy) is 3. The summed E-state index contributed by atoms with van der Waals surface area (Å²) in [4.78, 5) is 0. The van der Waals surface area contributed by atoms with E-state index in [9.17, 15) is 0 Å². The highest BCUT2D eigenvalue weighted by Gasteiger charge is 2.18. The average molecular weight is 334 g/mol. The molecule has 1 saturated heterocycles. The van der Waals surface area contributed by atoms with Crippen LogP contribution in [0.4, 0.5) is 0 Å². The highest BCUT2D eigenvalue weighted by Crippen LogP contribution is 2.28. The van der Waals surface area contributed by atoms with Crippen LogP contribution in [0.2, 0.25) is 0 Å². The number of para-hydroxylation sites is 1. The SMILES string of the molecule is N#CCOc1cccc2ccn(Cc3cccc(C4OCCO4)c3)c12. The lowest BCUT2D eigenvalue weighted by atomic mass is 10.1. The van der Waals surface area contributed by atoms with Crippen LogP contribution in [0.25, 0.3) is 10.9 Å². The van der Waals surface area contributed by atoms with Gasteiger partial charge in [-0.05, 0) is 23.8 Å². The van der Waals surface area contributed by atoms with Crippen LogP contribution in [0.5, 0.6) is 5.75 Å². The molecule has 0 spiro atoms. The Kier molecular flexibility index (Phi) is 4.38. The van der Waals surface area contributed by atoms with Crippen LogP contribution in [0.3, 0.4) is 0 Å². The lowest BCUT2D eigenvalue weighted by Gasteiger charge is -2.13. The van der Waals surface area contributed by atoms with E-state index in [4.69, 9.17) is 19.5 Å². The standard InChI is InChI=1S/C20H18N2O3/c21-8-10-23-18-6-2-4-16-7-9-22(19(16)18)14-15-3-1-5-17(13-15)20-24-11-12-25-20/h1-7,9,13,20H,10-12,14H2. The largest absolute Gasteiger partial charge is 0.477 e. The van der Waals surface area contributed by atoms with Gasteiger partial charge in [0, 0.05) is 23.7 Å². The monoisotopic (exact) mass is 334 g/mol. The lowest BCUT2D eigenvalue weighted by Crippen LogP contribution is -2.03. The van der Waals surface area contributed by atoms with Crippen molar-refractivity contribution in [2.45, 2.75) is 12.8 Å². The fourth-order valence-corrected chi connectivity index (χ4v) is 3.17. The Morgan fingerprint density at radius 1 is 1.12 bits per heavy atom. The minimum absolute atomic E-state index is 0.0378. The van der Waals surface area contributed by atoms with Gasteiger partial charge in [0.05, 0.1) is 18.7 Å². The van der Waals surface area contributed by atoms with Crippen LogP contribution in [0.15, 0.2) is 54.7 Å². The van der Waals surface area contributed by atoms with Gasteiger partial charge in [0.2, 0.25) is 0 Å². The number of benzene rings is 2. The second-order valence-electron chi connectivity index (χ2n) is 5.90. The topological polar surface area (TPSA) is 56.4 Å². The third kappa shape index (κ3) is 3.22. The fraction of sp³-hybridized carbons (Fsp3) is 0.250. The average Bonchev–Trinajstić information content (AvgIpc) is 3.31. The molecule has 1 aliphatic rings. The first kappa shape index (κ1) is 15.7. The number of rotatable bonds is 5. The predicted octanol–water partition coefficient (Wildman–Crippen LogP) is 3.64. The molecular formula is C20H18N2O3. The van der Waals surface area contributed by atoms with Crippen LogP contribution in [-0.4, -0.2) is 24.4 Å². The zero-order chi connectivity index (χ0) is 17.1. The minimum atomic E-state index is -0.268. The molecule has 0 N–H and O–H groups in total. The van der Waals surface area contributed by atoms with E-state index in [1.54, 1.807) is 0 Å². The van der Waals surface area contributed by atoms with Crippen LogP contribution < -0.4 is 4.74 Å². The van der Waals surface area contributed by atoms with Gasteiger partial charge >= 0.3 is 0 Å². The van der Waals surface area contributed by atoms with E-state index < -0.39 is 0 Å². The normalized spacial score (nSPS) is 14.7. The number of hydrogen-bond acceptors (Lipinski definition) is 4. The molecule has 2 heterocycles. The van der Waals surface area contributed by atoms with E-state index in [1.165, 1.54) is 0 Å². The third-order valence-corrected chi connectivity index (χ3v) is 4.24. The van der Waals surface area contributed by atoms with Crippen molar-refractivity contribution in [3.8, 4) is 11.8 Å². The third-order valence-electron chi connectivity index (χ3n) is 4.24. The van der Waals surface area contributed by atoms with Crippen molar-refractivity contribution in [3.63, 3.8) is 0 Å². The molecule has 0 unspecified atom stereocenters. The molecule has 0 aliphatic carbocycles. The maximum atomic E-state index is 8.78. The van der Waals surface area contributed by atoms with Crippen molar-refractivity contribution < 1.29 is 14.2 Å². The molecule has 0 saturated carbocycles. The summed E-state index contributed by atoms with van der Waals surface area (Å²) in [6.07, 6.45) is 1.77.